The molecule has 0 aromatic heterocycles. The predicted molar refractivity (Wildman–Crippen MR) is 92.6 cm³/mol. The van der Waals surface area contributed by atoms with Crippen molar-refractivity contribution in [2.75, 3.05) is 21.3 Å². The number of hydrogen-bond acceptors (Lipinski definition) is 4. The molecule has 0 bridgehead atoms. The molecule has 24 heavy (non-hydrogen) atoms. The predicted octanol–water partition coefficient (Wildman–Crippen LogP) is 4.05. The summed E-state index contributed by atoms with van der Waals surface area (Å²) in [5.74, 6) is 1.30. The van der Waals surface area contributed by atoms with Gasteiger partial charge in [0.2, 0.25) is 5.75 Å². The fraction of sp³-hybridized carbons (Fsp3) is 0.150. The van der Waals surface area contributed by atoms with Crippen LogP contribution in [-0.2, 0) is 0 Å². The summed E-state index contributed by atoms with van der Waals surface area (Å²) in [5.41, 5.74) is 3.08. The van der Waals surface area contributed by atoms with E-state index in [1.165, 1.54) is 21.3 Å². The molecular weight excluding hydrogens is 304 g/mol. The second-order valence-corrected chi connectivity index (χ2v) is 5.27. The molecule has 0 N–H and O–H groups in total. The van der Waals surface area contributed by atoms with Crippen molar-refractivity contribution in [2.24, 2.45) is 0 Å². The minimum Gasteiger partial charge on any atom is -0.493 e. The molecule has 1 aromatic rings. The third-order valence-corrected chi connectivity index (χ3v) is 3.96. The molecule has 122 valence electrons. The van der Waals surface area contributed by atoms with E-state index in [0.29, 0.717) is 28.4 Å². The van der Waals surface area contributed by atoms with Crippen LogP contribution in [0.5, 0.6) is 17.2 Å². The second-order valence-electron chi connectivity index (χ2n) is 5.27. The molecule has 2 aliphatic rings. The molecule has 0 fully saturated rings. The quantitative estimate of drug-likeness (QED) is 0.665. The molecule has 4 heteroatoms. The Labute approximate surface area is 140 Å². The maximum absolute atomic E-state index is 13.0. The molecule has 1 aromatic carbocycles. The number of ether oxygens (including phenoxy) is 3. The lowest BCUT2D eigenvalue weighted by atomic mass is 10.00. The highest BCUT2D eigenvalue weighted by atomic mass is 16.5. The first-order chi connectivity index (χ1) is 11.7. The maximum Gasteiger partial charge on any atom is 0.203 e. The Bertz CT molecular complexity index is 829. The number of carbonyl (C=O) groups is 1. The zero-order chi connectivity index (χ0) is 17.1. The number of ketones is 1. The van der Waals surface area contributed by atoms with Crippen LogP contribution in [0.25, 0.3) is 11.1 Å². The molecule has 0 aliphatic heterocycles. The summed E-state index contributed by atoms with van der Waals surface area (Å²) < 4.78 is 16.0. The largest absolute Gasteiger partial charge is 0.493 e. The Balaban J connectivity index is 2.10. The van der Waals surface area contributed by atoms with Gasteiger partial charge in [0.05, 0.1) is 21.3 Å². The first-order valence-electron chi connectivity index (χ1n) is 7.52. The van der Waals surface area contributed by atoms with E-state index in [0.717, 1.165) is 11.1 Å². The van der Waals surface area contributed by atoms with Gasteiger partial charge in [-0.2, -0.15) is 0 Å². The minimum atomic E-state index is -0.0875. The van der Waals surface area contributed by atoms with Crippen molar-refractivity contribution >= 4 is 5.78 Å². The minimum absolute atomic E-state index is 0.0875. The van der Waals surface area contributed by atoms with Crippen LogP contribution in [0.1, 0.15) is 15.9 Å². The first-order valence-corrected chi connectivity index (χ1v) is 7.52. The van der Waals surface area contributed by atoms with E-state index < -0.39 is 0 Å². The van der Waals surface area contributed by atoms with Gasteiger partial charge in [-0.1, -0.05) is 36.4 Å². The van der Waals surface area contributed by atoms with E-state index in [-0.39, 0.29) is 5.78 Å². The van der Waals surface area contributed by atoms with E-state index in [2.05, 4.69) is 0 Å². The van der Waals surface area contributed by atoms with Crippen LogP contribution >= 0.6 is 0 Å². The first kappa shape index (κ1) is 15.9. The van der Waals surface area contributed by atoms with Crippen molar-refractivity contribution in [1.82, 2.24) is 0 Å². The molecule has 0 amide bonds. The van der Waals surface area contributed by atoms with Gasteiger partial charge in [0, 0.05) is 11.1 Å². The summed E-state index contributed by atoms with van der Waals surface area (Å²) in [7, 11) is 4.60. The van der Waals surface area contributed by atoms with Crippen LogP contribution in [0.3, 0.4) is 0 Å². The average molecular weight is 322 g/mol. The fourth-order valence-electron chi connectivity index (χ4n) is 2.78. The van der Waals surface area contributed by atoms with Gasteiger partial charge < -0.3 is 14.2 Å². The van der Waals surface area contributed by atoms with Crippen LogP contribution in [0.15, 0.2) is 54.6 Å². The molecule has 0 spiro atoms. The van der Waals surface area contributed by atoms with Crippen molar-refractivity contribution in [3.8, 4) is 28.4 Å². The smallest absolute Gasteiger partial charge is 0.203 e. The monoisotopic (exact) mass is 322 g/mol. The molecule has 0 heterocycles. The lowest BCUT2D eigenvalue weighted by Gasteiger charge is -2.13. The summed E-state index contributed by atoms with van der Waals surface area (Å²) in [6.07, 6.45) is 0. The second kappa shape index (κ2) is 6.62. The molecular formula is C20H18O4. The molecule has 0 radical (unpaired) electrons. The average Bonchev–Trinajstić information content (AvgIpc) is 2.87. The summed E-state index contributed by atoms with van der Waals surface area (Å²) in [6, 6.07) is 16.9. The molecule has 0 saturated heterocycles. The van der Waals surface area contributed by atoms with Gasteiger partial charge in [-0.3, -0.25) is 4.79 Å². The zero-order valence-electron chi connectivity index (χ0n) is 13.8. The Hall–Kier alpha value is -3.01. The number of rotatable bonds is 5. The highest BCUT2D eigenvalue weighted by Crippen LogP contribution is 2.39. The fourth-order valence-corrected chi connectivity index (χ4v) is 2.78. The highest BCUT2D eigenvalue weighted by Gasteiger charge is 2.21. The molecule has 0 saturated carbocycles. The van der Waals surface area contributed by atoms with Gasteiger partial charge in [0.1, 0.15) is 0 Å². The third-order valence-electron chi connectivity index (χ3n) is 3.96. The number of carbonyl (C=O) groups excluding carboxylic acids is 1. The Morgan fingerprint density at radius 2 is 1.46 bits per heavy atom. The third kappa shape index (κ3) is 2.67. The van der Waals surface area contributed by atoms with E-state index in [4.69, 9.17) is 14.2 Å². The van der Waals surface area contributed by atoms with Crippen molar-refractivity contribution in [1.29, 1.82) is 0 Å². The normalized spacial score (nSPS) is 10.5. The number of fused-ring (bicyclic) bond motifs is 1. The molecule has 0 unspecified atom stereocenters. The lowest BCUT2D eigenvalue weighted by Crippen LogP contribution is -2.04. The standard InChI is InChI=1S/C20H18O4/c1-22-17-11-14(12-18(23-2)20(17)24-3)19(21)16-10-9-13-7-5-4-6-8-15(13)16/h4-12H,1-3H3. The SMILES string of the molecule is COc1cc(C(=O)c2ccc3cccccc2-3)cc(OC)c1OC. The van der Waals surface area contributed by atoms with Crippen molar-refractivity contribution < 1.29 is 19.0 Å². The van der Waals surface area contributed by atoms with Crippen LogP contribution in [0, 0.1) is 0 Å². The van der Waals surface area contributed by atoms with E-state index in [9.17, 15) is 4.79 Å². The highest BCUT2D eigenvalue weighted by molar-refractivity contribution is 6.14. The van der Waals surface area contributed by atoms with Crippen LogP contribution in [0.4, 0.5) is 0 Å². The van der Waals surface area contributed by atoms with Gasteiger partial charge in [-0.05, 0) is 29.3 Å². The lowest BCUT2D eigenvalue weighted by molar-refractivity contribution is 0.103. The Kier molecular flexibility index (Phi) is 4.38. The summed E-state index contributed by atoms with van der Waals surface area (Å²) in [4.78, 5) is 13.0. The van der Waals surface area contributed by atoms with E-state index in [1.54, 1.807) is 12.1 Å². The van der Waals surface area contributed by atoms with E-state index in [1.807, 2.05) is 42.5 Å². The molecule has 2 aliphatic carbocycles. The Morgan fingerprint density at radius 1 is 0.792 bits per heavy atom. The molecule has 0 atom stereocenters. The topological polar surface area (TPSA) is 44.8 Å². The van der Waals surface area contributed by atoms with Gasteiger partial charge in [0.25, 0.3) is 0 Å². The van der Waals surface area contributed by atoms with Crippen LogP contribution in [0.2, 0.25) is 0 Å². The summed E-state index contributed by atoms with van der Waals surface area (Å²) in [6.45, 7) is 0. The van der Waals surface area contributed by atoms with Crippen molar-refractivity contribution in [3.63, 3.8) is 0 Å². The van der Waals surface area contributed by atoms with Crippen LogP contribution < -0.4 is 14.2 Å². The van der Waals surface area contributed by atoms with E-state index >= 15 is 0 Å². The van der Waals surface area contributed by atoms with Crippen molar-refractivity contribution in [2.45, 2.75) is 0 Å². The van der Waals surface area contributed by atoms with Gasteiger partial charge >= 0.3 is 0 Å². The molecule has 4 nitrogen and oxygen atoms in total. The zero-order valence-corrected chi connectivity index (χ0v) is 13.8. The number of hydrogen-bond donors (Lipinski definition) is 0. The van der Waals surface area contributed by atoms with Gasteiger partial charge in [0.15, 0.2) is 17.3 Å². The maximum atomic E-state index is 13.0. The number of benzene rings is 1. The van der Waals surface area contributed by atoms with Crippen LogP contribution in [-0.4, -0.2) is 27.1 Å². The summed E-state index contributed by atoms with van der Waals surface area (Å²) in [5, 5.41) is 0. The Morgan fingerprint density at radius 3 is 2.08 bits per heavy atom. The molecule has 3 rings (SSSR count). The van der Waals surface area contributed by atoms with Gasteiger partial charge in [-0.15, -0.1) is 0 Å². The van der Waals surface area contributed by atoms with Crippen molar-refractivity contribution in [3.05, 3.63) is 65.7 Å². The van der Waals surface area contributed by atoms with Gasteiger partial charge in [-0.25, -0.2) is 0 Å². The number of methoxy groups -OCH3 is 3. The summed E-state index contributed by atoms with van der Waals surface area (Å²) >= 11 is 0.